The predicted octanol–water partition coefficient (Wildman–Crippen LogP) is 2.47. The molecule has 0 aliphatic carbocycles. The number of piperazine rings is 1. The minimum Gasteiger partial charge on any atom is -0.331 e. The van der Waals surface area contributed by atoms with Gasteiger partial charge in [0.2, 0.25) is 11.8 Å². The number of hydrogen-bond donors (Lipinski definition) is 1. The minimum absolute atomic E-state index is 0.0614. The lowest BCUT2D eigenvalue weighted by Gasteiger charge is -2.33. The van der Waals surface area contributed by atoms with Crippen LogP contribution in [0.25, 0.3) is 0 Å². The van der Waals surface area contributed by atoms with Crippen LogP contribution in [0.5, 0.6) is 0 Å². The van der Waals surface area contributed by atoms with E-state index in [0.717, 1.165) is 45.7 Å². The van der Waals surface area contributed by atoms with Crippen LogP contribution in [-0.4, -0.2) is 66.1 Å². The molecule has 5 nitrogen and oxygen atoms in total. The zero-order valence-corrected chi connectivity index (χ0v) is 20.1. The number of quaternary nitrogens is 1. The number of thioether (sulfide) groups is 1. The van der Waals surface area contributed by atoms with E-state index < -0.39 is 0 Å². The number of hydrogen-bond acceptors (Lipinski definition) is 3. The lowest BCUT2D eigenvalue weighted by molar-refractivity contribution is -0.903. The van der Waals surface area contributed by atoms with Crippen LogP contribution in [-0.2, 0) is 15.0 Å². The lowest BCUT2D eigenvalue weighted by Crippen LogP contribution is -3.15. The number of carbonyl (C=O) groups is 2. The van der Waals surface area contributed by atoms with Gasteiger partial charge in [-0.2, -0.15) is 0 Å². The largest absolute Gasteiger partial charge is 0.331 e. The van der Waals surface area contributed by atoms with Gasteiger partial charge in [0, 0.05) is 6.42 Å². The summed E-state index contributed by atoms with van der Waals surface area (Å²) in [5.41, 5.74) is 2.68. The fraction of sp³-hybridized carbons (Fsp3) is 0.667. The molecule has 2 saturated heterocycles. The minimum atomic E-state index is 0.0614. The first kappa shape index (κ1) is 23.1. The highest BCUT2D eigenvalue weighted by Gasteiger charge is 2.40. The van der Waals surface area contributed by atoms with Crippen LogP contribution in [0.4, 0.5) is 0 Å². The molecule has 30 heavy (non-hydrogen) atoms. The number of benzene rings is 1. The zero-order valence-electron chi connectivity index (χ0n) is 19.2. The first-order chi connectivity index (χ1) is 14.2. The molecule has 0 bridgehead atoms. The van der Waals surface area contributed by atoms with Crippen molar-refractivity contribution in [2.45, 2.75) is 63.5 Å². The van der Waals surface area contributed by atoms with E-state index >= 15 is 0 Å². The Labute approximate surface area is 186 Å². The van der Waals surface area contributed by atoms with Gasteiger partial charge in [-0.05, 0) is 23.0 Å². The van der Waals surface area contributed by atoms with Crippen LogP contribution in [0.3, 0.4) is 0 Å². The van der Waals surface area contributed by atoms with E-state index in [1.54, 1.807) is 11.8 Å². The molecular formula is C24H38N3O2S+. The molecular weight excluding hydrogens is 394 g/mol. The van der Waals surface area contributed by atoms with E-state index in [1.165, 1.54) is 16.0 Å². The molecule has 166 valence electrons. The summed E-state index contributed by atoms with van der Waals surface area (Å²) in [5.74, 6) is 0.538. The second kappa shape index (κ2) is 9.73. The highest BCUT2D eigenvalue weighted by molar-refractivity contribution is 8.01. The fourth-order valence-corrected chi connectivity index (χ4v) is 5.74. The molecule has 0 spiro atoms. The van der Waals surface area contributed by atoms with Gasteiger partial charge in [0.25, 0.3) is 0 Å². The third-order valence-electron chi connectivity index (χ3n) is 6.40. The molecule has 1 N–H and O–H groups in total. The van der Waals surface area contributed by atoms with Crippen molar-refractivity contribution < 1.29 is 14.5 Å². The smallest absolute Gasteiger partial charge is 0.237 e. The summed E-state index contributed by atoms with van der Waals surface area (Å²) in [6.45, 7) is 16.1. The summed E-state index contributed by atoms with van der Waals surface area (Å²) < 4.78 is 0. The van der Waals surface area contributed by atoms with Gasteiger partial charge >= 0.3 is 0 Å². The summed E-state index contributed by atoms with van der Waals surface area (Å²) in [6.07, 6.45) is 1.46. The molecule has 2 amide bonds. The number of carbonyl (C=O) groups excluding carboxylic acids is 2. The number of nitrogens with zero attached hydrogens (tertiary/aromatic N) is 2. The molecule has 3 rings (SSSR count). The average Bonchev–Trinajstić information content (AvgIpc) is 3.07. The maximum absolute atomic E-state index is 13.0. The molecule has 6 heteroatoms. The topological polar surface area (TPSA) is 45.1 Å². The standard InChI is InChI=1S/C24H37N3O2S/c1-6-20-22(29)27(17-14-25-12-15-26(16-13-25)21(28)7-2)23(30-20)18-8-10-19(11-9-18)24(3,4)5/h8-11,20,23H,6-7,12-17H2,1-5H3/p+1/t20-,23-/m1/s1. The molecule has 1 aromatic carbocycles. The van der Waals surface area contributed by atoms with Gasteiger partial charge in [0.05, 0.1) is 44.5 Å². The second-order valence-electron chi connectivity index (χ2n) is 9.52. The van der Waals surface area contributed by atoms with Crippen LogP contribution in [0.1, 0.15) is 64.0 Å². The van der Waals surface area contributed by atoms with E-state index in [4.69, 9.17) is 0 Å². The van der Waals surface area contributed by atoms with Crippen LogP contribution >= 0.6 is 11.8 Å². The molecule has 2 heterocycles. The Hall–Kier alpha value is -1.53. The van der Waals surface area contributed by atoms with Crippen molar-refractivity contribution in [1.29, 1.82) is 0 Å². The molecule has 2 aliphatic rings. The monoisotopic (exact) mass is 432 g/mol. The normalized spacial score (nSPS) is 23.3. The number of nitrogens with one attached hydrogen (secondary N) is 1. The van der Waals surface area contributed by atoms with E-state index in [-0.39, 0.29) is 27.9 Å². The highest BCUT2D eigenvalue weighted by atomic mass is 32.2. The average molecular weight is 433 g/mol. The van der Waals surface area contributed by atoms with Gasteiger partial charge in [-0.25, -0.2) is 0 Å². The van der Waals surface area contributed by atoms with Gasteiger partial charge in [-0.3, -0.25) is 9.59 Å². The first-order valence-corrected chi connectivity index (χ1v) is 12.4. The van der Waals surface area contributed by atoms with Crippen LogP contribution in [0.2, 0.25) is 0 Å². The zero-order chi connectivity index (χ0) is 21.9. The molecule has 0 saturated carbocycles. The predicted molar refractivity (Wildman–Crippen MR) is 124 cm³/mol. The third-order valence-corrected chi connectivity index (χ3v) is 8.05. The maximum atomic E-state index is 13.0. The fourth-order valence-electron chi connectivity index (χ4n) is 4.32. The van der Waals surface area contributed by atoms with Gasteiger partial charge in [-0.1, -0.05) is 58.9 Å². The Bertz CT molecular complexity index is 736. The van der Waals surface area contributed by atoms with Crippen molar-refractivity contribution >= 4 is 23.6 Å². The summed E-state index contributed by atoms with van der Waals surface area (Å²) in [6, 6.07) is 8.84. The van der Waals surface area contributed by atoms with Crippen LogP contribution in [0, 0.1) is 0 Å². The van der Waals surface area contributed by atoms with Crippen molar-refractivity contribution in [2.75, 3.05) is 39.3 Å². The molecule has 2 atom stereocenters. The van der Waals surface area contributed by atoms with Gasteiger partial charge in [0.1, 0.15) is 5.37 Å². The van der Waals surface area contributed by atoms with Crippen molar-refractivity contribution in [3.63, 3.8) is 0 Å². The molecule has 0 radical (unpaired) electrons. The van der Waals surface area contributed by atoms with E-state index in [0.29, 0.717) is 6.42 Å². The summed E-state index contributed by atoms with van der Waals surface area (Å²) in [4.78, 5) is 30.5. The summed E-state index contributed by atoms with van der Waals surface area (Å²) in [5, 5.41) is 0.171. The second-order valence-corrected chi connectivity index (χ2v) is 10.8. The van der Waals surface area contributed by atoms with Gasteiger partial charge < -0.3 is 14.7 Å². The lowest BCUT2D eigenvalue weighted by atomic mass is 9.86. The van der Waals surface area contributed by atoms with Crippen molar-refractivity contribution in [2.24, 2.45) is 0 Å². The third kappa shape index (κ3) is 5.20. The van der Waals surface area contributed by atoms with Gasteiger partial charge in [0.15, 0.2) is 0 Å². The number of rotatable bonds is 6. The first-order valence-electron chi connectivity index (χ1n) is 11.4. The van der Waals surface area contributed by atoms with Crippen molar-refractivity contribution in [1.82, 2.24) is 9.80 Å². The molecule has 0 aromatic heterocycles. The Kier molecular flexibility index (Phi) is 7.51. The number of amides is 2. The quantitative estimate of drug-likeness (QED) is 0.751. The summed E-state index contributed by atoms with van der Waals surface area (Å²) in [7, 11) is 0. The Morgan fingerprint density at radius 2 is 1.77 bits per heavy atom. The van der Waals surface area contributed by atoms with E-state index in [2.05, 4.69) is 56.9 Å². The maximum Gasteiger partial charge on any atom is 0.237 e. The Morgan fingerprint density at radius 3 is 2.30 bits per heavy atom. The molecule has 0 unspecified atom stereocenters. The van der Waals surface area contributed by atoms with Crippen molar-refractivity contribution in [3.05, 3.63) is 35.4 Å². The van der Waals surface area contributed by atoms with E-state index in [1.807, 2.05) is 11.8 Å². The highest BCUT2D eigenvalue weighted by Crippen LogP contribution is 2.44. The summed E-state index contributed by atoms with van der Waals surface area (Å²) >= 11 is 1.80. The van der Waals surface area contributed by atoms with Crippen LogP contribution in [0.15, 0.2) is 24.3 Å². The molecule has 2 aliphatic heterocycles. The molecule has 1 aromatic rings. The van der Waals surface area contributed by atoms with Gasteiger partial charge in [-0.15, -0.1) is 11.8 Å². The van der Waals surface area contributed by atoms with E-state index in [9.17, 15) is 9.59 Å². The SMILES string of the molecule is CCC(=O)N1CC[NH+](CCN2C(=O)[C@@H](CC)S[C@@H]2c2ccc(C(C)(C)C)cc2)CC1. The Morgan fingerprint density at radius 1 is 1.13 bits per heavy atom. The van der Waals surface area contributed by atoms with Crippen molar-refractivity contribution in [3.8, 4) is 0 Å². The van der Waals surface area contributed by atoms with Crippen LogP contribution < -0.4 is 4.90 Å². The molecule has 2 fully saturated rings. The Balaban J connectivity index is 1.64.